The van der Waals surface area contributed by atoms with E-state index in [0.717, 1.165) is 5.69 Å². The van der Waals surface area contributed by atoms with Crippen molar-refractivity contribution in [2.24, 2.45) is 0 Å². The summed E-state index contributed by atoms with van der Waals surface area (Å²) in [6.45, 7) is 1.44. The molecule has 0 unspecified atom stereocenters. The molecule has 0 aliphatic heterocycles. The molecule has 0 saturated carbocycles. The lowest BCUT2D eigenvalue weighted by molar-refractivity contribution is -0.114. The average Bonchev–Trinajstić information content (AvgIpc) is 2.65. The van der Waals surface area contributed by atoms with Crippen LogP contribution in [0.3, 0.4) is 0 Å². The number of carbonyl (C=O) groups is 2. The molecule has 0 saturated heterocycles. The zero-order valence-corrected chi connectivity index (χ0v) is 14.5. The summed E-state index contributed by atoms with van der Waals surface area (Å²) >= 11 is 0. The van der Waals surface area contributed by atoms with E-state index in [-0.39, 0.29) is 17.6 Å². The minimum Gasteiger partial charge on any atom is -0.340 e. The molecule has 2 amide bonds. The van der Waals surface area contributed by atoms with Crippen LogP contribution < -0.4 is 16.0 Å². The number of pyridine rings is 1. The van der Waals surface area contributed by atoms with Gasteiger partial charge in [-0.3, -0.25) is 9.59 Å². The molecule has 0 atom stereocenters. The van der Waals surface area contributed by atoms with Gasteiger partial charge in [-0.05, 0) is 60.7 Å². The summed E-state index contributed by atoms with van der Waals surface area (Å²) in [6.07, 6.45) is 1.52. The van der Waals surface area contributed by atoms with Crippen LogP contribution >= 0.6 is 0 Å². The van der Waals surface area contributed by atoms with Gasteiger partial charge in [-0.1, -0.05) is 0 Å². The fraction of sp³-hybridized carbons (Fsp3) is 0.0500. The average molecular weight is 364 g/mol. The van der Waals surface area contributed by atoms with Crippen molar-refractivity contribution < 1.29 is 14.0 Å². The van der Waals surface area contributed by atoms with Gasteiger partial charge < -0.3 is 16.0 Å². The summed E-state index contributed by atoms with van der Waals surface area (Å²) in [7, 11) is 0. The number of halogens is 1. The lowest BCUT2D eigenvalue weighted by Gasteiger charge is -2.09. The maximum Gasteiger partial charge on any atom is 0.255 e. The third-order valence-corrected chi connectivity index (χ3v) is 3.60. The topological polar surface area (TPSA) is 83.1 Å². The molecule has 0 spiro atoms. The largest absolute Gasteiger partial charge is 0.340 e. The van der Waals surface area contributed by atoms with Crippen LogP contribution in [0.4, 0.5) is 27.3 Å². The van der Waals surface area contributed by atoms with Gasteiger partial charge in [-0.15, -0.1) is 0 Å². The maximum absolute atomic E-state index is 12.9. The highest BCUT2D eigenvalue weighted by molar-refractivity contribution is 6.04. The quantitative estimate of drug-likeness (QED) is 0.634. The highest BCUT2D eigenvalue weighted by Gasteiger charge is 2.08. The van der Waals surface area contributed by atoms with Crippen molar-refractivity contribution in [2.75, 3.05) is 16.0 Å². The number of aromatic nitrogens is 1. The van der Waals surface area contributed by atoms with Crippen molar-refractivity contribution >= 4 is 34.7 Å². The van der Waals surface area contributed by atoms with Crippen LogP contribution in [0.2, 0.25) is 0 Å². The van der Waals surface area contributed by atoms with E-state index in [1.54, 1.807) is 36.4 Å². The van der Waals surface area contributed by atoms with Gasteiger partial charge >= 0.3 is 0 Å². The van der Waals surface area contributed by atoms with E-state index in [9.17, 15) is 14.0 Å². The Balaban J connectivity index is 1.68. The van der Waals surface area contributed by atoms with Crippen LogP contribution in [0, 0.1) is 5.82 Å². The predicted molar refractivity (Wildman–Crippen MR) is 103 cm³/mol. The highest BCUT2D eigenvalue weighted by Crippen LogP contribution is 2.19. The van der Waals surface area contributed by atoms with Crippen LogP contribution in [0.25, 0.3) is 0 Å². The van der Waals surface area contributed by atoms with Gasteiger partial charge in [0.1, 0.15) is 11.6 Å². The summed E-state index contributed by atoms with van der Waals surface area (Å²) in [4.78, 5) is 27.6. The van der Waals surface area contributed by atoms with Gasteiger partial charge in [-0.2, -0.15) is 0 Å². The van der Waals surface area contributed by atoms with Gasteiger partial charge in [0.15, 0.2) is 0 Å². The second kappa shape index (κ2) is 8.09. The first-order valence-electron chi connectivity index (χ1n) is 8.17. The number of rotatable bonds is 5. The molecule has 0 fully saturated rings. The lowest BCUT2D eigenvalue weighted by Crippen LogP contribution is -2.12. The van der Waals surface area contributed by atoms with Gasteiger partial charge in [0.25, 0.3) is 5.91 Å². The van der Waals surface area contributed by atoms with E-state index in [1.807, 2.05) is 0 Å². The minimum atomic E-state index is -0.368. The molecule has 7 heteroatoms. The highest BCUT2D eigenvalue weighted by atomic mass is 19.1. The van der Waals surface area contributed by atoms with Crippen molar-refractivity contribution in [3.05, 3.63) is 78.2 Å². The fourth-order valence-corrected chi connectivity index (χ4v) is 2.36. The molecular formula is C20H17FN4O2. The number of nitrogens with one attached hydrogen (secondary N) is 3. The summed E-state index contributed by atoms with van der Waals surface area (Å²) in [5, 5.41) is 8.49. The van der Waals surface area contributed by atoms with Crippen LogP contribution in [-0.2, 0) is 4.79 Å². The number of anilines is 4. The third-order valence-electron chi connectivity index (χ3n) is 3.60. The number of amides is 2. The van der Waals surface area contributed by atoms with E-state index >= 15 is 0 Å². The third kappa shape index (κ3) is 5.12. The van der Waals surface area contributed by atoms with Crippen molar-refractivity contribution in [3.63, 3.8) is 0 Å². The lowest BCUT2D eigenvalue weighted by atomic mass is 10.2. The second-order valence-electron chi connectivity index (χ2n) is 5.77. The standard InChI is InChI=1S/C20H17FN4O2/c1-13(26)23-16-6-8-17(9-7-16)24-19-12-14(10-11-22-19)20(27)25-18-4-2-15(21)3-5-18/h2-12H,1H3,(H,22,24)(H,23,26)(H,25,27). The van der Waals surface area contributed by atoms with Crippen LogP contribution in [0.1, 0.15) is 17.3 Å². The van der Waals surface area contributed by atoms with Crippen molar-refractivity contribution in [2.45, 2.75) is 6.92 Å². The number of hydrogen-bond acceptors (Lipinski definition) is 4. The molecule has 1 aromatic heterocycles. The molecule has 27 heavy (non-hydrogen) atoms. The van der Waals surface area contributed by atoms with Crippen LogP contribution in [-0.4, -0.2) is 16.8 Å². The maximum atomic E-state index is 12.9. The molecule has 136 valence electrons. The Kier molecular flexibility index (Phi) is 5.41. The number of nitrogens with zero attached hydrogens (tertiary/aromatic N) is 1. The van der Waals surface area contributed by atoms with E-state index in [1.165, 1.54) is 37.4 Å². The molecule has 0 bridgehead atoms. The monoisotopic (exact) mass is 364 g/mol. The Morgan fingerprint density at radius 3 is 2.11 bits per heavy atom. The van der Waals surface area contributed by atoms with E-state index in [4.69, 9.17) is 0 Å². The fourth-order valence-electron chi connectivity index (χ4n) is 2.36. The van der Waals surface area contributed by atoms with Crippen LogP contribution in [0.15, 0.2) is 66.9 Å². The molecular weight excluding hydrogens is 347 g/mol. The Morgan fingerprint density at radius 1 is 0.852 bits per heavy atom. The second-order valence-corrected chi connectivity index (χ2v) is 5.77. The number of benzene rings is 2. The Morgan fingerprint density at radius 2 is 1.44 bits per heavy atom. The normalized spacial score (nSPS) is 10.1. The molecule has 0 aliphatic rings. The number of carbonyl (C=O) groups excluding carboxylic acids is 2. The Bertz CT molecular complexity index is 956. The first kappa shape index (κ1) is 18.1. The summed E-state index contributed by atoms with van der Waals surface area (Å²) in [6, 6.07) is 15.8. The molecule has 2 aromatic carbocycles. The van der Waals surface area contributed by atoms with Crippen molar-refractivity contribution in [1.82, 2.24) is 4.98 Å². The first-order valence-corrected chi connectivity index (χ1v) is 8.17. The Hall–Kier alpha value is -3.74. The Labute approximate surface area is 155 Å². The number of hydrogen-bond donors (Lipinski definition) is 3. The van der Waals surface area contributed by atoms with Gasteiger partial charge in [0.2, 0.25) is 5.91 Å². The SMILES string of the molecule is CC(=O)Nc1ccc(Nc2cc(C(=O)Nc3ccc(F)cc3)ccn2)cc1. The zero-order valence-electron chi connectivity index (χ0n) is 14.5. The van der Waals surface area contributed by atoms with E-state index in [0.29, 0.717) is 22.8 Å². The molecule has 0 aliphatic carbocycles. The van der Waals surface area contributed by atoms with Gasteiger partial charge in [0.05, 0.1) is 0 Å². The predicted octanol–water partition coefficient (Wildman–Crippen LogP) is 4.18. The zero-order chi connectivity index (χ0) is 19.2. The molecule has 3 aromatic rings. The molecule has 0 radical (unpaired) electrons. The molecule has 1 heterocycles. The van der Waals surface area contributed by atoms with Crippen molar-refractivity contribution in [3.8, 4) is 0 Å². The van der Waals surface area contributed by atoms with Gasteiger partial charge in [-0.25, -0.2) is 9.37 Å². The minimum absolute atomic E-state index is 0.141. The first-order chi connectivity index (χ1) is 13.0. The smallest absolute Gasteiger partial charge is 0.255 e. The molecule has 3 rings (SSSR count). The van der Waals surface area contributed by atoms with E-state index in [2.05, 4.69) is 20.9 Å². The summed E-state index contributed by atoms with van der Waals surface area (Å²) in [5.41, 5.74) is 2.36. The molecule has 6 nitrogen and oxygen atoms in total. The van der Waals surface area contributed by atoms with Gasteiger partial charge in [0, 0.05) is 35.7 Å². The summed E-state index contributed by atoms with van der Waals surface area (Å²) < 4.78 is 12.9. The van der Waals surface area contributed by atoms with E-state index < -0.39 is 0 Å². The summed E-state index contributed by atoms with van der Waals surface area (Å²) in [5.74, 6) is -0.341. The van der Waals surface area contributed by atoms with Crippen molar-refractivity contribution in [1.29, 1.82) is 0 Å². The molecule has 3 N–H and O–H groups in total. The van der Waals surface area contributed by atoms with Crippen LogP contribution in [0.5, 0.6) is 0 Å².